The van der Waals surface area contributed by atoms with Crippen LogP contribution < -0.4 is 5.32 Å². The number of halogens is 2. The molecule has 2 aromatic rings. The Kier molecular flexibility index (Phi) is 4.99. The highest BCUT2D eigenvalue weighted by molar-refractivity contribution is 6.28. The van der Waals surface area contributed by atoms with Crippen LogP contribution in [0.15, 0.2) is 21.1 Å². The molecule has 5 nitrogen and oxygen atoms in total. The average molecular weight is 278 g/mol. The van der Waals surface area contributed by atoms with Crippen LogP contribution in [0.5, 0.6) is 0 Å². The number of rotatable bonds is 4. The molecule has 0 bridgehead atoms. The SMILES string of the molecule is CNC(C)Cc1noc(-c2ccc(Cl)o2)n1.Cl. The molecule has 0 saturated carbocycles. The van der Waals surface area contributed by atoms with Crippen LogP contribution in [0.1, 0.15) is 12.7 Å². The molecule has 17 heavy (non-hydrogen) atoms. The minimum Gasteiger partial charge on any atom is -0.440 e. The first-order valence-electron chi connectivity index (χ1n) is 4.94. The molecule has 1 N–H and O–H groups in total. The summed E-state index contributed by atoms with van der Waals surface area (Å²) in [5, 5.41) is 7.26. The Labute approximate surface area is 110 Å². The molecular formula is C10H13Cl2N3O2. The van der Waals surface area contributed by atoms with E-state index in [1.807, 2.05) is 14.0 Å². The molecule has 0 amide bonds. The summed E-state index contributed by atoms with van der Waals surface area (Å²) in [6.45, 7) is 2.04. The van der Waals surface area contributed by atoms with Gasteiger partial charge in [-0.1, -0.05) is 5.16 Å². The van der Waals surface area contributed by atoms with E-state index in [9.17, 15) is 0 Å². The minimum absolute atomic E-state index is 0. The maximum absolute atomic E-state index is 5.66. The number of furan rings is 1. The maximum Gasteiger partial charge on any atom is 0.293 e. The molecule has 94 valence electrons. The van der Waals surface area contributed by atoms with Gasteiger partial charge in [-0.2, -0.15) is 4.98 Å². The van der Waals surface area contributed by atoms with Gasteiger partial charge in [0.25, 0.3) is 5.89 Å². The number of hydrogen-bond acceptors (Lipinski definition) is 5. The van der Waals surface area contributed by atoms with E-state index in [1.54, 1.807) is 12.1 Å². The van der Waals surface area contributed by atoms with Crippen molar-refractivity contribution in [3.05, 3.63) is 23.2 Å². The summed E-state index contributed by atoms with van der Waals surface area (Å²) in [5.74, 6) is 1.48. The van der Waals surface area contributed by atoms with Crippen molar-refractivity contribution < 1.29 is 8.94 Å². The highest BCUT2D eigenvalue weighted by Gasteiger charge is 2.13. The fourth-order valence-corrected chi connectivity index (χ4v) is 1.39. The Hall–Kier alpha value is -1.04. The lowest BCUT2D eigenvalue weighted by Crippen LogP contribution is -2.24. The van der Waals surface area contributed by atoms with E-state index in [-0.39, 0.29) is 12.4 Å². The van der Waals surface area contributed by atoms with Gasteiger partial charge in [-0.3, -0.25) is 0 Å². The summed E-state index contributed by atoms with van der Waals surface area (Å²) in [4.78, 5) is 4.21. The lowest BCUT2D eigenvalue weighted by molar-refractivity contribution is 0.406. The topological polar surface area (TPSA) is 64.1 Å². The minimum atomic E-state index is 0. The fraction of sp³-hybridized carbons (Fsp3) is 0.400. The fourth-order valence-electron chi connectivity index (χ4n) is 1.24. The maximum atomic E-state index is 5.66. The molecule has 2 rings (SSSR count). The second-order valence-electron chi connectivity index (χ2n) is 3.51. The van der Waals surface area contributed by atoms with Gasteiger partial charge >= 0.3 is 0 Å². The van der Waals surface area contributed by atoms with Gasteiger partial charge in [-0.15, -0.1) is 12.4 Å². The van der Waals surface area contributed by atoms with E-state index in [4.69, 9.17) is 20.5 Å². The Morgan fingerprint density at radius 2 is 2.24 bits per heavy atom. The normalized spacial score (nSPS) is 12.2. The molecule has 0 spiro atoms. The number of nitrogens with one attached hydrogen (secondary N) is 1. The lowest BCUT2D eigenvalue weighted by Gasteiger charge is -2.04. The molecule has 1 unspecified atom stereocenters. The third kappa shape index (κ3) is 3.46. The zero-order valence-corrected chi connectivity index (χ0v) is 11.0. The summed E-state index contributed by atoms with van der Waals surface area (Å²) >= 11 is 5.66. The van der Waals surface area contributed by atoms with Gasteiger partial charge in [0.15, 0.2) is 16.8 Å². The Morgan fingerprint density at radius 1 is 1.47 bits per heavy atom. The van der Waals surface area contributed by atoms with Gasteiger partial charge in [0.2, 0.25) is 0 Å². The van der Waals surface area contributed by atoms with E-state index in [1.165, 1.54) is 0 Å². The molecule has 0 radical (unpaired) electrons. The molecule has 7 heteroatoms. The third-order valence-electron chi connectivity index (χ3n) is 2.23. The molecule has 0 saturated heterocycles. The number of likely N-dealkylation sites (N-methyl/N-ethyl adjacent to an activating group) is 1. The van der Waals surface area contributed by atoms with Crippen molar-refractivity contribution in [2.24, 2.45) is 0 Å². The van der Waals surface area contributed by atoms with E-state index < -0.39 is 0 Å². The van der Waals surface area contributed by atoms with Crippen molar-refractivity contribution in [2.75, 3.05) is 7.05 Å². The highest BCUT2D eigenvalue weighted by Crippen LogP contribution is 2.23. The summed E-state index contributed by atoms with van der Waals surface area (Å²) in [7, 11) is 1.89. The first kappa shape index (κ1) is 14.0. The first-order chi connectivity index (χ1) is 7.69. The molecule has 2 heterocycles. The standard InChI is InChI=1S/C10H12ClN3O2.ClH/c1-6(12-2)5-9-13-10(16-14-9)7-3-4-8(11)15-7;/h3-4,6,12H,5H2,1-2H3;1H. The van der Waals surface area contributed by atoms with Gasteiger partial charge in [-0.25, -0.2) is 0 Å². The number of hydrogen-bond donors (Lipinski definition) is 1. The molecule has 0 aromatic carbocycles. The highest BCUT2D eigenvalue weighted by atomic mass is 35.5. The molecule has 1 atom stereocenters. The van der Waals surface area contributed by atoms with Crippen LogP contribution in [-0.2, 0) is 6.42 Å². The zero-order chi connectivity index (χ0) is 11.5. The second kappa shape index (κ2) is 6.05. The molecule has 0 aliphatic carbocycles. The Bertz CT molecular complexity index is 470. The Morgan fingerprint density at radius 3 is 2.82 bits per heavy atom. The van der Waals surface area contributed by atoms with Crippen molar-refractivity contribution >= 4 is 24.0 Å². The molecule has 0 fully saturated rings. The number of aromatic nitrogens is 2. The van der Waals surface area contributed by atoms with E-state index >= 15 is 0 Å². The third-order valence-corrected chi connectivity index (χ3v) is 2.44. The first-order valence-corrected chi connectivity index (χ1v) is 5.32. The Balaban J connectivity index is 0.00000144. The van der Waals surface area contributed by atoms with Crippen molar-refractivity contribution in [2.45, 2.75) is 19.4 Å². The van der Waals surface area contributed by atoms with Gasteiger partial charge in [0.1, 0.15) is 0 Å². The predicted octanol–water partition coefficient (Wildman–Crippen LogP) is 2.56. The molecule has 0 aliphatic rings. The molecule has 0 aliphatic heterocycles. The molecule has 2 aromatic heterocycles. The van der Waals surface area contributed by atoms with Crippen molar-refractivity contribution in [1.29, 1.82) is 0 Å². The van der Waals surface area contributed by atoms with Crippen LogP contribution in [-0.4, -0.2) is 23.2 Å². The lowest BCUT2D eigenvalue weighted by atomic mass is 10.2. The van der Waals surface area contributed by atoms with Gasteiger partial charge in [-0.05, 0) is 37.7 Å². The van der Waals surface area contributed by atoms with Crippen molar-refractivity contribution in [3.63, 3.8) is 0 Å². The van der Waals surface area contributed by atoms with Gasteiger partial charge < -0.3 is 14.3 Å². The van der Waals surface area contributed by atoms with Crippen LogP contribution in [0.25, 0.3) is 11.7 Å². The molecular weight excluding hydrogens is 265 g/mol. The van der Waals surface area contributed by atoms with Crippen LogP contribution >= 0.6 is 24.0 Å². The summed E-state index contributed by atoms with van der Waals surface area (Å²) in [6.07, 6.45) is 0.703. The second-order valence-corrected chi connectivity index (χ2v) is 3.89. The summed E-state index contributed by atoms with van der Waals surface area (Å²) in [5.41, 5.74) is 0. The van der Waals surface area contributed by atoms with Crippen LogP contribution in [0.2, 0.25) is 5.22 Å². The van der Waals surface area contributed by atoms with Crippen LogP contribution in [0.4, 0.5) is 0 Å². The van der Waals surface area contributed by atoms with Crippen molar-refractivity contribution in [3.8, 4) is 11.7 Å². The summed E-state index contributed by atoms with van der Waals surface area (Å²) in [6, 6.07) is 3.63. The quantitative estimate of drug-likeness (QED) is 0.931. The monoisotopic (exact) mass is 277 g/mol. The van der Waals surface area contributed by atoms with Crippen LogP contribution in [0, 0.1) is 0 Å². The number of nitrogens with zero attached hydrogens (tertiary/aromatic N) is 2. The van der Waals surface area contributed by atoms with Crippen LogP contribution in [0.3, 0.4) is 0 Å². The largest absolute Gasteiger partial charge is 0.440 e. The van der Waals surface area contributed by atoms with Gasteiger partial charge in [0, 0.05) is 12.5 Å². The van der Waals surface area contributed by atoms with Crippen molar-refractivity contribution in [1.82, 2.24) is 15.5 Å². The van der Waals surface area contributed by atoms with E-state index in [0.29, 0.717) is 35.2 Å². The predicted molar refractivity (Wildman–Crippen MR) is 66.5 cm³/mol. The smallest absolute Gasteiger partial charge is 0.293 e. The van der Waals surface area contributed by atoms with Gasteiger partial charge in [0.05, 0.1) is 0 Å². The summed E-state index contributed by atoms with van der Waals surface area (Å²) < 4.78 is 10.2. The van der Waals surface area contributed by atoms with E-state index in [2.05, 4.69) is 15.5 Å². The average Bonchev–Trinajstić information content (AvgIpc) is 2.87. The zero-order valence-electron chi connectivity index (χ0n) is 9.44. The van der Waals surface area contributed by atoms with E-state index in [0.717, 1.165) is 0 Å².